The normalized spacial score (nSPS) is 22.4. The van der Waals surface area contributed by atoms with Crippen LogP contribution >= 0.6 is 0 Å². The molecule has 21 heavy (non-hydrogen) atoms. The van der Waals surface area contributed by atoms with Gasteiger partial charge in [0, 0.05) is 6.54 Å². The molecule has 0 aliphatic carbocycles. The quantitative estimate of drug-likeness (QED) is 0.846. The molecule has 0 bridgehead atoms. The van der Waals surface area contributed by atoms with Crippen molar-refractivity contribution in [1.82, 2.24) is 4.72 Å². The van der Waals surface area contributed by atoms with Gasteiger partial charge in [0.15, 0.2) is 6.10 Å². The van der Waals surface area contributed by atoms with Gasteiger partial charge in [-0.25, -0.2) is 22.3 Å². The van der Waals surface area contributed by atoms with Crippen molar-refractivity contribution in [3.63, 3.8) is 0 Å². The summed E-state index contributed by atoms with van der Waals surface area (Å²) in [5, 5.41) is 8.80. The van der Waals surface area contributed by atoms with Gasteiger partial charge >= 0.3 is 5.97 Å². The maximum Gasteiger partial charge on any atom is 0.332 e. The van der Waals surface area contributed by atoms with Crippen LogP contribution in [0.3, 0.4) is 0 Å². The minimum atomic E-state index is -3.86. The Balaban J connectivity index is 2.02. The molecule has 0 amide bonds. The molecule has 1 aromatic rings. The van der Waals surface area contributed by atoms with Gasteiger partial charge < -0.3 is 9.84 Å². The van der Waals surface area contributed by atoms with E-state index in [1.807, 2.05) is 0 Å². The topological polar surface area (TPSA) is 92.7 Å². The zero-order chi connectivity index (χ0) is 15.6. The van der Waals surface area contributed by atoms with Crippen molar-refractivity contribution in [3.8, 4) is 0 Å². The summed E-state index contributed by atoms with van der Waals surface area (Å²) < 4.78 is 45.0. The van der Waals surface area contributed by atoms with Crippen LogP contribution in [0.2, 0.25) is 0 Å². The largest absolute Gasteiger partial charge is 0.479 e. The van der Waals surface area contributed by atoms with Crippen LogP contribution in [0.4, 0.5) is 4.39 Å². The fraction of sp³-hybridized carbons (Fsp3) is 0.462. The first kappa shape index (κ1) is 15.9. The summed E-state index contributed by atoms with van der Waals surface area (Å²) >= 11 is 0. The summed E-state index contributed by atoms with van der Waals surface area (Å²) in [6, 6.07) is 3.52. The van der Waals surface area contributed by atoms with Crippen molar-refractivity contribution in [2.45, 2.75) is 36.9 Å². The summed E-state index contributed by atoms with van der Waals surface area (Å²) in [6.07, 6.45) is -0.576. The van der Waals surface area contributed by atoms with Gasteiger partial charge in [-0.3, -0.25) is 0 Å². The van der Waals surface area contributed by atoms with Gasteiger partial charge in [0.25, 0.3) is 0 Å². The van der Waals surface area contributed by atoms with E-state index in [1.165, 1.54) is 12.1 Å². The maximum absolute atomic E-state index is 13.2. The van der Waals surface area contributed by atoms with E-state index in [4.69, 9.17) is 9.84 Å². The second kappa shape index (κ2) is 6.08. The molecule has 1 aliphatic heterocycles. The van der Waals surface area contributed by atoms with Gasteiger partial charge in [-0.15, -0.1) is 0 Å². The molecule has 2 unspecified atom stereocenters. The van der Waals surface area contributed by atoms with Gasteiger partial charge in [-0.05, 0) is 37.5 Å². The highest BCUT2D eigenvalue weighted by atomic mass is 32.2. The smallest absolute Gasteiger partial charge is 0.332 e. The number of halogens is 1. The van der Waals surface area contributed by atoms with Crippen LogP contribution in [-0.2, 0) is 19.6 Å². The molecular weight excluding hydrogens is 301 g/mol. The summed E-state index contributed by atoms with van der Waals surface area (Å²) in [4.78, 5) is 10.6. The van der Waals surface area contributed by atoms with Gasteiger partial charge in [0.2, 0.25) is 10.0 Å². The van der Waals surface area contributed by atoms with Crippen molar-refractivity contribution >= 4 is 16.0 Å². The van der Waals surface area contributed by atoms with Crippen LogP contribution in [0, 0.1) is 12.7 Å². The summed E-state index contributed by atoms with van der Waals surface area (Å²) in [5.74, 6) is -1.69. The first-order valence-corrected chi connectivity index (χ1v) is 7.92. The number of ether oxygens (including phenoxy) is 1. The highest BCUT2D eigenvalue weighted by Crippen LogP contribution is 2.21. The maximum atomic E-state index is 13.2. The predicted octanol–water partition coefficient (Wildman–Crippen LogP) is 1.04. The Hall–Kier alpha value is -1.51. The van der Waals surface area contributed by atoms with E-state index in [-0.39, 0.29) is 11.4 Å². The summed E-state index contributed by atoms with van der Waals surface area (Å²) in [7, 11) is -3.86. The molecule has 1 heterocycles. The number of carbonyl (C=O) groups is 1. The number of carboxylic acid groups (broad SMARTS) is 1. The number of nitrogens with one attached hydrogen (secondary N) is 1. The molecule has 1 aliphatic rings. The van der Waals surface area contributed by atoms with E-state index in [9.17, 15) is 17.6 Å². The number of benzene rings is 1. The number of aliphatic carboxylic acids is 1. The van der Waals surface area contributed by atoms with Crippen molar-refractivity contribution in [3.05, 3.63) is 29.6 Å². The molecule has 1 saturated heterocycles. The van der Waals surface area contributed by atoms with Crippen LogP contribution < -0.4 is 4.72 Å². The van der Waals surface area contributed by atoms with Crippen molar-refractivity contribution in [2.24, 2.45) is 0 Å². The van der Waals surface area contributed by atoms with E-state index >= 15 is 0 Å². The number of aryl methyl sites for hydroxylation is 1. The second-order valence-electron chi connectivity index (χ2n) is 4.92. The van der Waals surface area contributed by atoms with Crippen molar-refractivity contribution < 1.29 is 27.4 Å². The highest BCUT2D eigenvalue weighted by Gasteiger charge is 2.31. The fourth-order valence-electron chi connectivity index (χ4n) is 2.18. The Morgan fingerprint density at radius 3 is 2.81 bits per heavy atom. The molecule has 1 fully saturated rings. The lowest BCUT2D eigenvalue weighted by molar-refractivity contribution is -0.149. The molecule has 2 N–H and O–H groups in total. The number of sulfonamides is 1. The number of carboxylic acids is 1. The van der Waals surface area contributed by atoms with Crippen LogP contribution in [0.15, 0.2) is 23.1 Å². The zero-order valence-corrected chi connectivity index (χ0v) is 12.2. The zero-order valence-electron chi connectivity index (χ0n) is 11.4. The van der Waals surface area contributed by atoms with E-state index in [2.05, 4.69) is 4.72 Å². The van der Waals surface area contributed by atoms with E-state index < -0.39 is 34.0 Å². The number of hydrogen-bond acceptors (Lipinski definition) is 4. The highest BCUT2D eigenvalue weighted by molar-refractivity contribution is 7.89. The molecule has 2 rings (SSSR count). The van der Waals surface area contributed by atoms with Crippen molar-refractivity contribution in [2.75, 3.05) is 6.54 Å². The molecule has 0 aromatic heterocycles. The molecule has 0 saturated carbocycles. The summed E-state index contributed by atoms with van der Waals surface area (Å²) in [6.45, 7) is 1.53. The molecular formula is C13H16FNO5S. The molecule has 8 heteroatoms. The lowest BCUT2D eigenvalue weighted by atomic mass is 10.2. The Labute approximate surface area is 122 Å². The second-order valence-corrected chi connectivity index (χ2v) is 6.66. The third kappa shape index (κ3) is 3.78. The lowest BCUT2D eigenvalue weighted by Crippen LogP contribution is -2.33. The van der Waals surface area contributed by atoms with Crippen LogP contribution in [-0.4, -0.2) is 38.2 Å². The Kier molecular flexibility index (Phi) is 4.60. The minimum absolute atomic E-state index is 0.0396. The van der Waals surface area contributed by atoms with Gasteiger partial charge in [0.1, 0.15) is 5.82 Å². The predicted molar refractivity (Wildman–Crippen MR) is 71.9 cm³/mol. The average Bonchev–Trinajstić information content (AvgIpc) is 2.88. The molecule has 0 spiro atoms. The van der Waals surface area contributed by atoms with Gasteiger partial charge in [-0.1, -0.05) is 6.07 Å². The first-order chi connectivity index (χ1) is 9.79. The average molecular weight is 317 g/mol. The molecule has 0 radical (unpaired) electrons. The molecule has 116 valence electrons. The fourth-order valence-corrected chi connectivity index (χ4v) is 3.50. The van der Waals surface area contributed by atoms with Gasteiger partial charge in [-0.2, -0.15) is 0 Å². The van der Waals surface area contributed by atoms with E-state index in [0.717, 1.165) is 6.07 Å². The van der Waals surface area contributed by atoms with E-state index in [0.29, 0.717) is 18.4 Å². The first-order valence-electron chi connectivity index (χ1n) is 6.43. The van der Waals surface area contributed by atoms with Crippen LogP contribution in [0.25, 0.3) is 0 Å². The minimum Gasteiger partial charge on any atom is -0.479 e. The standard InChI is InChI=1S/C13H16FNO5S/c1-8-2-3-9(14)6-12(8)21(18,19)15-7-10-4-5-11(20-10)13(16)17/h2-3,6,10-11,15H,4-5,7H2,1H3,(H,16,17). The Morgan fingerprint density at radius 2 is 2.19 bits per heavy atom. The molecule has 2 atom stereocenters. The van der Waals surface area contributed by atoms with Crippen LogP contribution in [0.5, 0.6) is 0 Å². The molecule has 6 nitrogen and oxygen atoms in total. The van der Waals surface area contributed by atoms with Gasteiger partial charge in [0.05, 0.1) is 11.0 Å². The van der Waals surface area contributed by atoms with Crippen molar-refractivity contribution in [1.29, 1.82) is 0 Å². The lowest BCUT2D eigenvalue weighted by Gasteiger charge is -2.13. The summed E-state index contributed by atoms with van der Waals surface area (Å²) in [5.41, 5.74) is 0.430. The number of hydrogen-bond donors (Lipinski definition) is 2. The van der Waals surface area contributed by atoms with Crippen LogP contribution in [0.1, 0.15) is 18.4 Å². The number of rotatable bonds is 5. The SMILES string of the molecule is Cc1ccc(F)cc1S(=O)(=O)NCC1CCC(C(=O)O)O1. The third-order valence-electron chi connectivity index (χ3n) is 3.32. The monoisotopic (exact) mass is 317 g/mol. The Morgan fingerprint density at radius 1 is 1.48 bits per heavy atom. The van der Waals surface area contributed by atoms with E-state index in [1.54, 1.807) is 6.92 Å². The Bertz CT molecular complexity index is 646. The third-order valence-corrected chi connectivity index (χ3v) is 4.89. The molecule has 1 aromatic carbocycles.